The van der Waals surface area contributed by atoms with E-state index in [1.54, 1.807) is 42.6 Å². The summed E-state index contributed by atoms with van der Waals surface area (Å²) < 4.78 is 0. The van der Waals surface area contributed by atoms with Crippen molar-refractivity contribution in [2.75, 3.05) is 0 Å². The topological polar surface area (TPSA) is 50.2 Å². The molecule has 0 saturated heterocycles. The molecule has 0 aliphatic rings. The zero-order chi connectivity index (χ0) is 13.4. The van der Waals surface area contributed by atoms with Gasteiger partial charge in [-0.1, -0.05) is 23.7 Å². The first-order valence-corrected chi connectivity index (χ1v) is 6.73. The quantitative estimate of drug-likeness (QED) is 0.728. The van der Waals surface area contributed by atoms with Gasteiger partial charge in [-0.2, -0.15) is 0 Å². The minimum absolute atomic E-state index is 0.0157. The summed E-state index contributed by atoms with van der Waals surface area (Å²) >= 11 is 7.05. The van der Waals surface area contributed by atoms with Gasteiger partial charge in [-0.3, -0.25) is 4.79 Å². The molecule has 3 rings (SSSR count). The summed E-state index contributed by atoms with van der Waals surface area (Å²) in [5, 5.41) is 11.2. The third-order valence-corrected chi connectivity index (χ3v) is 4.07. The van der Waals surface area contributed by atoms with Crippen LogP contribution in [0.15, 0.2) is 42.6 Å². The average Bonchev–Trinajstić information content (AvgIpc) is 2.76. The van der Waals surface area contributed by atoms with Gasteiger partial charge in [0.15, 0.2) is 0 Å². The fourth-order valence-corrected chi connectivity index (χ4v) is 3.02. The number of halogens is 1. The van der Waals surface area contributed by atoms with Crippen molar-refractivity contribution in [2.45, 2.75) is 0 Å². The Labute approximate surface area is 118 Å². The van der Waals surface area contributed by atoms with Gasteiger partial charge in [-0.25, -0.2) is 4.98 Å². The van der Waals surface area contributed by atoms with Crippen LogP contribution in [-0.4, -0.2) is 15.9 Å². The van der Waals surface area contributed by atoms with E-state index in [2.05, 4.69) is 4.98 Å². The molecule has 0 bridgehead atoms. The maximum atomic E-state index is 12.4. The lowest BCUT2D eigenvalue weighted by atomic mass is 10.1. The Hall–Kier alpha value is -1.91. The molecule has 0 saturated carbocycles. The highest BCUT2D eigenvalue weighted by molar-refractivity contribution is 7.21. The number of aromatic hydroxyl groups is 1. The molecule has 0 spiro atoms. The minimum Gasteiger partial charge on any atom is -0.506 e. The molecule has 5 heteroatoms. The van der Waals surface area contributed by atoms with E-state index < -0.39 is 0 Å². The van der Waals surface area contributed by atoms with Crippen LogP contribution in [0.1, 0.15) is 15.2 Å². The predicted molar refractivity (Wildman–Crippen MR) is 76.2 cm³/mol. The number of ketones is 1. The van der Waals surface area contributed by atoms with Gasteiger partial charge in [-0.05, 0) is 24.3 Å². The van der Waals surface area contributed by atoms with Gasteiger partial charge in [0, 0.05) is 16.8 Å². The van der Waals surface area contributed by atoms with Crippen LogP contribution in [0, 0.1) is 0 Å². The van der Waals surface area contributed by atoms with E-state index >= 15 is 0 Å². The van der Waals surface area contributed by atoms with Crippen LogP contribution in [0.2, 0.25) is 5.02 Å². The number of thiophene rings is 1. The number of hydrogen-bond donors (Lipinski definition) is 1. The number of carbonyl (C=O) groups is 1. The molecule has 1 N–H and O–H groups in total. The highest BCUT2D eigenvalue weighted by Gasteiger charge is 2.19. The van der Waals surface area contributed by atoms with Crippen molar-refractivity contribution < 1.29 is 9.90 Å². The van der Waals surface area contributed by atoms with Crippen molar-refractivity contribution in [3.8, 4) is 5.75 Å². The van der Waals surface area contributed by atoms with E-state index in [0.717, 1.165) is 0 Å². The highest BCUT2D eigenvalue weighted by atomic mass is 35.5. The monoisotopic (exact) mass is 289 g/mol. The van der Waals surface area contributed by atoms with Crippen LogP contribution in [-0.2, 0) is 0 Å². The molecule has 2 aromatic heterocycles. The second-order valence-corrected chi connectivity index (χ2v) is 5.41. The van der Waals surface area contributed by atoms with E-state index in [-0.39, 0.29) is 16.4 Å². The Morgan fingerprint density at radius 3 is 2.84 bits per heavy atom. The third kappa shape index (κ3) is 2.09. The molecule has 3 aromatic rings. The lowest BCUT2D eigenvalue weighted by Gasteiger charge is -1.99. The number of hydrogen-bond acceptors (Lipinski definition) is 4. The summed E-state index contributed by atoms with van der Waals surface area (Å²) in [7, 11) is 0. The lowest BCUT2D eigenvalue weighted by Crippen LogP contribution is -1.98. The molecular weight excluding hydrogens is 282 g/mol. The first-order valence-electron chi connectivity index (χ1n) is 5.53. The Morgan fingerprint density at radius 1 is 1.26 bits per heavy atom. The second-order valence-electron chi connectivity index (χ2n) is 3.98. The molecular formula is C14H8ClNO2S. The molecule has 1 aromatic carbocycles. The molecule has 2 heterocycles. The van der Waals surface area contributed by atoms with E-state index in [4.69, 9.17) is 11.6 Å². The highest BCUT2D eigenvalue weighted by Crippen LogP contribution is 2.36. The first kappa shape index (κ1) is 12.1. The van der Waals surface area contributed by atoms with Gasteiger partial charge < -0.3 is 5.11 Å². The Kier molecular flexibility index (Phi) is 2.97. The van der Waals surface area contributed by atoms with Gasteiger partial charge in [0.25, 0.3) is 0 Å². The summed E-state index contributed by atoms with van der Waals surface area (Å²) in [6.07, 6.45) is 1.63. The van der Waals surface area contributed by atoms with Crippen LogP contribution in [0.4, 0.5) is 0 Å². The van der Waals surface area contributed by atoms with E-state index in [1.165, 1.54) is 11.3 Å². The summed E-state index contributed by atoms with van der Waals surface area (Å²) in [6, 6.07) is 10.1. The molecule has 0 aliphatic heterocycles. The van der Waals surface area contributed by atoms with Crippen molar-refractivity contribution in [3.05, 3.63) is 58.1 Å². The van der Waals surface area contributed by atoms with E-state index in [9.17, 15) is 9.90 Å². The molecule has 0 fully saturated rings. The van der Waals surface area contributed by atoms with Gasteiger partial charge in [-0.15, -0.1) is 11.3 Å². The van der Waals surface area contributed by atoms with Crippen LogP contribution in [0.5, 0.6) is 5.75 Å². The van der Waals surface area contributed by atoms with Crippen molar-refractivity contribution >= 4 is 38.9 Å². The van der Waals surface area contributed by atoms with Gasteiger partial charge in [0.1, 0.15) is 15.5 Å². The maximum absolute atomic E-state index is 12.4. The Balaban J connectivity index is 2.14. The SMILES string of the molecule is O=C(c1cccc(Cl)c1)c1sc2ncccc2c1O. The number of aromatic nitrogens is 1. The molecule has 19 heavy (non-hydrogen) atoms. The molecule has 0 amide bonds. The van der Waals surface area contributed by atoms with Crippen molar-refractivity contribution in [3.63, 3.8) is 0 Å². The number of rotatable bonds is 2. The number of fused-ring (bicyclic) bond motifs is 1. The first-order chi connectivity index (χ1) is 9.16. The molecule has 94 valence electrons. The summed E-state index contributed by atoms with van der Waals surface area (Å²) in [5.41, 5.74) is 0.453. The van der Waals surface area contributed by atoms with Crippen molar-refractivity contribution in [2.24, 2.45) is 0 Å². The number of benzene rings is 1. The third-order valence-electron chi connectivity index (χ3n) is 2.73. The molecule has 0 atom stereocenters. The standard InChI is InChI=1S/C14H8ClNO2S/c15-9-4-1-3-8(7-9)11(17)13-12(18)10-5-2-6-16-14(10)19-13/h1-7,18H. The van der Waals surface area contributed by atoms with Crippen LogP contribution in [0.3, 0.4) is 0 Å². The van der Waals surface area contributed by atoms with Gasteiger partial charge in [0.2, 0.25) is 5.78 Å². The van der Waals surface area contributed by atoms with Crippen LogP contribution in [0.25, 0.3) is 10.2 Å². The largest absolute Gasteiger partial charge is 0.506 e. The summed E-state index contributed by atoms with van der Waals surface area (Å²) in [5.74, 6) is -0.263. The average molecular weight is 290 g/mol. The predicted octanol–water partition coefficient (Wildman–Crippen LogP) is 3.89. The summed E-state index contributed by atoms with van der Waals surface area (Å²) in [6.45, 7) is 0. The lowest BCUT2D eigenvalue weighted by molar-refractivity contribution is 0.104. The number of nitrogens with zero attached hydrogens (tertiary/aromatic N) is 1. The molecule has 0 radical (unpaired) electrons. The van der Waals surface area contributed by atoms with Crippen molar-refractivity contribution in [1.82, 2.24) is 4.98 Å². The van der Waals surface area contributed by atoms with Crippen LogP contribution < -0.4 is 0 Å². The smallest absolute Gasteiger partial charge is 0.206 e. The van der Waals surface area contributed by atoms with Crippen LogP contribution >= 0.6 is 22.9 Å². The molecule has 3 nitrogen and oxygen atoms in total. The van der Waals surface area contributed by atoms with Gasteiger partial charge in [0.05, 0.1) is 5.39 Å². The van der Waals surface area contributed by atoms with Crippen molar-refractivity contribution in [1.29, 1.82) is 0 Å². The second kappa shape index (κ2) is 4.64. The Bertz CT molecular complexity index is 782. The normalized spacial score (nSPS) is 10.8. The maximum Gasteiger partial charge on any atom is 0.206 e. The molecule has 0 aliphatic carbocycles. The number of carbonyl (C=O) groups excluding carboxylic acids is 1. The van der Waals surface area contributed by atoms with E-state index in [1.807, 2.05) is 0 Å². The fourth-order valence-electron chi connectivity index (χ4n) is 1.83. The number of pyridine rings is 1. The molecule has 0 unspecified atom stereocenters. The minimum atomic E-state index is -0.247. The zero-order valence-electron chi connectivity index (χ0n) is 9.63. The zero-order valence-corrected chi connectivity index (χ0v) is 11.2. The fraction of sp³-hybridized carbons (Fsp3) is 0. The van der Waals surface area contributed by atoms with Gasteiger partial charge >= 0.3 is 0 Å². The Morgan fingerprint density at radius 2 is 2.11 bits per heavy atom. The van der Waals surface area contributed by atoms with E-state index in [0.29, 0.717) is 20.8 Å². The summed E-state index contributed by atoms with van der Waals surface area (Å²) in [4.78, 5) is 17.4.